The molecule has 0 heterocycles. The molecule has 1 amide bonds. The molecular weight excluding hydrogens is 539 g/mol. The van der Waals surface area contributed by atoms with Crippen molar-refractivity contribution in [2.75, 3.05) is 14.1 Å². The second-order valence-electron chi connectivity index (χ2n) is 7.42. The summed E-state index contributed by atoms with van der Waals surface area (Å²) in [6, 6.07) is 16.0. The van der Waals surface area contributed by atoms with E-state index >= 15 is 0 Å². The molecule has 0 unspecified atom stereocenters. The Morgan fingerprint density at radius 3 is 1.97 bits per heavy atom. The SMILES string of the molecule is CN(Cc1ccccc1Br)C(=O)OC(C)(C)C.CNCc1ccccc1Br.O=BC#CO. The fraction of sp³-hybridized carbons (Fsp3) is 0.348. The first-order valence-corrected chi connectivity index (χ1v) is 11.3. The van der Waals surface area contributed by atoms with Crippen LogP contribution in [0.2, 0.25) is 0 Å². The molecule has 0 radical (unpaired) electrons. The quantitative estimate of drug-likeness (QED) is 0.387. The summed E-state index contributed by atoms with van der Waals surface area (Å²) in [7, 11) is 3.99. The molecule has 0 aliphatic rings. The van der Waals surface area contributed by atoms with E-state index in [-0.39, 0.29) is 6.09 Å². The zero-order valence-corrected chi connectivity index (χ0v) is 22.2. The molecule has 32 heavy (non-hydrogen) atoms. The Bertz CT molecular complexity index is 909. The molecule has 0 atom stereocenters. The number of nitrogens with zero attached hydrogens (tertiary/aromatic N) is 1. The molecule has 172 valence electrons. The first-order valence-electron chi connectivity index (χ1n) is 9.69. The fourth-order valence-corrected chi connectivity index (χ4v) is 2.98. The molecule has 0 aliphatic carbocycles. The van der Waals surface area contributed by atoms with Gasteiger partial charge in [0.25, 0.3) is 0 Å². The van der Waals surface area contributed by atoms with Gasteiger partial charge in [-0.15, -0.1) is 0 Å². The van der Waals surface area contributed by atoms with Gasteiger partial charge in [-0.1, -0.05) is 68.3 Å². The average Bonchev–Trinajstić information content (AvgIpc) is 2.72. The normalized spacial score (nSPS) is 9.47. The van der Waals surface area contributed by atoms with Gasteiger partial charge in [-0.2, -0.15) is 0 Å². The number of hydrogen-bond donors (Lipinski definition) is 2. The Morgan fingerprint density at radius 2 is 1.59 bits per heavy atom. The van der Waals surface area contributed by atoms with E-state index in [0.717, 1.165) is 16.6 Å². The van der Waals surface area contributed by atoms with Crippen molar-refractivity contribution in [2.24, 2.45) is 0 Å². The van der Waals surface area contributed by atoms with Crippen LogP contribution >= 0.6 is 31.9 Å². The Balaban J connectivity index is 0.000000538. The van der Waals surface area contributed by atoms with E-state index in [1.165, 1.54) is 16.1 Å². The molecule has 6 nitrogen and oxygen atoms in total. The molecule has 2 aromatic carbocycles. The van der Waals surface area contributed by atoms with Gasteiger partial charge in [0.15, 0.2) is 0 Å². The van der Waals surface area contributed by atoms with Crippen LogP contribution < -0.4 is 5.32 Å². The van der Waals surface area contributed by atoms with Crippen LogP contribution in [0.3, 0.4) is 0 Å². The molecule has 2 aromatic rings. The Labute approximate surface area is 208 Å². The van der Waals surface area contributed by atoms with Crippen molar-refractivity contribution in [3.05, 3.63) is 68.6 Å². The molecule has 0 fully saturated rings. The number of benzene rings is 2. The fourth-order valence-electron chi connectivity index (χ4n) is 2.15. The molecule has 0 saturated carbocycles. The maximum atomic E-state index is 11.8. The topological polar surface area (TPSA) is 78.9 Å². The summed E-state index contributed by atoms with van der Waals surface area (Å²) in [6.07, 6.45) is 1.09. The van der Waals surface area contributed by atoms with Crippen LogP contribution in [-0.4, -0.2) is 42.9 Å². The zero-order valence-electron chi connectivity index (χ0n) is 19.0. The summed E-state index contributed by atoms with van der Waals surface area (Å²) in [5, 5.41) is 10.6. The summed E-state index contributed by atoms with van der Waals surface area (Å²) >= 11 is 6.91. The average molecular weight is 568 g/mol. The minimum absolute atomic E-state index is 0.312. The predicted octanol–water partition coefficient (Wildman–Crippen LogP) is 5.31. The van der Waals surface area contributed by atoms with Crippen molar-refractivity contribution >= 4 is 45.1 Å². The standard InChI is InChI=1S/C13H18BrNO2.C8H10BrN.C2HBO2/c1-13(2,3)17-12(16)15(4)9-10-7-5-6-8-11(10)14;1-10-6-7-4-2-3-5-8(7)9;4-2-1-3-5/h5-8H,9H2,1-4H3;2-5,10H,6H2,1H3;4H. The number of aliphatic hydroxyl groups excluding tert-OH is 1. The Kier molecular flexibility index (Phi) is 15.4. The van der Waals surface area contributed by atoms with Gasteiger partial charge in [0.05, 0.1) is 0 Å². The first kappa shape index (κ1) is 29.9. The van der Waals surface area contributed by atoms with Gasteiger partial charge in [0.1, 0.15) is 5.60 Å². The van der Waals surface area contributed by atoms with Crippen LogP contribution in [0.25, 0.3) is 0 Å². The maximum absolute atomic E-state index is 11.8. The molecule has 2 N–H and O–H groups in total. The summed E-state index contributed by atoms with van der Waals surface area (Å²) in [5.41, 5.74) is 1.89. The second kappa shape index (κ2) is 16.5. The summed E-state index contributed by atoms with van der Waals surface area (Å²) < 4.78 is 16.5. The van der Waals surface area contributed by atoms with Crippen LogP contribution in [0.1, 0.15) is 31.9 Å². The first-order chi connectivity index (χ1) is 15.1. The molecule has 0 aliphatic heterocycles. The number of rotatable bonds is 4. The number of hydrogen-bond acceptors (Lipinski definition) is 5. The number of carbonyl (C=O) groups excluding carboxylic acids is 1. The molecular formula is C23H29BBr2N2O4. The minimum atomic E-state index is -0.459. The van der Waals surface area contributed by atoms with E-state index in [1.807, 2.05) is 70.3 Å². The van der Waals surface area contributed by atoms with Gasteiger partial charge in [-0.25, -0.2) is 4.79 Å². The number of ether oxygens (including phenoxy) is 1. The Hall–Kier alpha value is -2.15. The van der Waals surface area contributed by atoms with Crippen LogP contribution in [0.4, 0.5) is 4.79 Å². The zero-order chi connectivity index (χ0) is 24.6. The number of amides is 1. The molecule has 0 spiro atoms. The number of nitrogens with one attached hydrogen (secondary N) is 1. The van der Waals surface area contributed by atoms with Gasteiger partial charge in [0, 0.05) is 29.1 Å². The van der Waals surface area contributed by atoms with Crippen molar-refractivity contribution in [1.82, 2.24) is 10.2 Å². The second-order valence-corrected chi connectivity index (χ2v) is 9.13. The predicted molar refractivity (Wildman–Crippen MR) is 135 cm³/mol. The van der Waals surface area contributed by atoms with Gasteiger partial charge < -0.3 is 15.0 Å². The van der Waals surface area contributed by atoms with Crippen molar-refractivity contribution in [1.29, 1.82) is 0 Å². The third-order valence-electron chi connectivity index (χ3n) is 3.52. The Morgan fingerprint density at radius 1 is 1.09 bits per heavy atom. The molecule has 0 aromatic heterocycles. The van der Waals surface area contributed by atoms with E-state index in [2.05, 4.69) is 43.2 Å². The number of carbonyl (C=O) groups is 1. The van der Waals surface area contributed by atoms with Crippen LogP contribution in [0, 0.1) is 11.9 Å². The molecule has 0 bridgehead atoms. The molecule has 0 saturated heterocycles. The van der Waals surface area contributed by atoms with E-state index in [9.17, 15) is 4.79 Å². The van der Waals surface area contributed by atoms with Crippen LogP contribution in [0.5, 0.6) is 0 Å². The number of halogens is 2. The number of aliphatic hydroxyl groups is 1. The monoisotopic (exact) mass is 566 g/mol. The molecule has 9 heteroatoms. The third kappa shape index (κ3) is 14.0. The van der Waals surface area contributed by atoms with E-state index in [4.69, 9.17) is 14.5 Å². The summed E-state index contributed by atoms with van der Waals surface area (Å²) in [4.78, 5) is 13.3. The molecule has 2 rings (SSSR count). The third-order valence-corrected chi connectivity index (χ3v) is 5.07. The summed E-state index contributed by atoms with van der Waals surface area (Å²) in [6.45, 7) is 7.02. The summed E-state index contributed by atoms with van der Waals surface area (Å²) in [5.74, 6) is 1.74. The van der Waals surface area contributed by atoms with Crippen LogP contribution in [0.15, 0.2) is 57.5 Å². The van der Waals surface area contributed by atoms with Crippen molar-refractivity contribution in [3.63, 3.8) is 0 Å². The van der Waals surface area contributed by atoms with Gasteiger partial charge in [-0.3, -0.25) is 0 Å². The van der Waals surface area contributed by atoms with E-state index < -0.39 is 5.60 Å². The van der Waals surface area contributed by atoms with Gasteiger partial charge in [-0.05, 0) is 51.1 Å². The van der Waals surface area contributed by atoms with Crippen molar-refractivity contribution in [3.8, 4) is 11.9 Å². The van der Waals surface area contributed by atoms with E-state index in [0.29, 0.717) is 13.7 Å². The van der Waals surface area contributed by atoms with E-state index in [1.54, 1.807) is 17.8 Å². The van der Waals surface area contributed by atoms with Crippen molar-refractivity contribution in [2.45, 2.75) is 39.5 Å². The van der Waals surface area contributed by atoms with Gasteiger partial charge in [0.2, 0.25) is 0 Å². The van der Waals surface area contributed by atoms with Gasteiger partial charge >= 0.3 is 35.0 Å². The van der Waals surface area contributed by atoms with Crippen molar-refractivity contribution < 1.29 is 19.3 Å². The van der Waals surface area contributed by atoms with Crippen LogP contribution in [-0.2, 0) is 22.5 Å².